The number of carbonyl (C=O) groups is 1. The molecule has 0 N–H and O–H groups in total. The molecular formula is C17H26N2O2S. The minimum absolute atomic E-state index is 0.137. The van der Waals surface area contributed by atoms with E-state index >= 15 is 0 Å². The molecule has 0 spiro atoms. The van der Waals surface area contributed by atoms with Crippen LogP contribution in [0.1, 0.15) is 19.3 Å². The van der Waals surface area contributed by atoms with Crippen LogP contribution in [0.25, 0.3) is 0 Å². The molecule has 1 fully saturated rings. The lowest BCUT2D eigenvalue weighted by Crippen LogP contribution is -2.29. The smallest absolute Gasteiger partial charge is 0.236 e. The van der Waals surface area contributed by atoms with Crippen molar-refractivity contribution >= 4 is 29.0 Å². The molecule has 0 saturated carbocycles. The van der Waals surface area contributed by atoms with Crippen LogP contribution in [-0.2, 0) is 9.53 Å². The van der Waals surface area contributed by atoms with Gasteiger partial charge in [-0.05, 0) is 43.5 Å². The molecule has 1 aromatic rings. The number of amides is 1. The molecule has 1 unspecified atom stereocenters. The summed E-state index contributed by atoms with van der Waals surface area (Å²) in [7, 11) is 5.85. The molecule has 0 aliphatic carbocycles. The highest BCUT2D eigenvalue weighted by atomic mass is 32.2. The van der Waals surface area contributed by atoms with E-state index in [0.29, 0.717) is 11.9 Å². The Bertz CT molecular complexity index is 470. The molecule has 0 radical (unpaired) electrons. The first-order valence-electron chi connectivity index (χ1n) is 7.81. The van der Waals surface area contributed by atoms with E-state index in [9.17, 15) is 4.79 Å². The van der Waals surface area contributed by atoms with E-state index in [1.54, 1.807) is 16.7 Å². The molecule has 1 saturated heterocycles. The van der Waals surface area contributed by atoms with Crippen molar-refractivity contribution in [1.82, 2.24) is 0 Å². The van der Waals surface area contributed by atoms with Crippen LogP contribution in [0.3, 0.4) is 0 Å². The zero-order chi connectivity index (χ0) is 15.9. The zero-order valence-electron chi connectivity index (χ0n) is 13.7. The average molecular weight is 322 g/mol. The molecule has 0 aromatic heterocycles. The fourth-order valence-electron chi connectivity index (χ4n) is 2.43. The first kappa shape index (κ1) is 17.2. The van der Waals surface area contributed by atoms with Gasteiger partial charge in [-0.1, -0.05) is 0 Å². The minimum atomic E-state index is 0.137. The number of thioether (sulfide) groups is 1. The molecule has 1 amide bonds. The molecule has 1 heterocycles. The average Bonchev–Trinajstić information content (AvgIpc) is 2.55. The summed E-state index contributed by atoms with van der Waals surface area (Å²) < 4.78 is 5.69. The predicted octanol–water partition coefficient (Wildman–Crippen LogP) is 3.02. The molecular weight excluding hydrogens is 296 g/mol. The predicted molar refractivity (Wildman–Crippen MR) is 95.1 cm³/mol. The molecule has 1 aliphatic rings. The van der Waals surface area contributed by atoms with Crippen molar-refractivity contribution in [3.8, 4) is 0 Å². The Balaban J connectivity index is 1.78. The standard InChI is InChI=1S/C17H26N2O2S/c1-18(2)14-7-9-15(10-8-14)19(3)17(20)13-22-12-16-6-4-5-11-21-16/h7-10,16H,4-6,11-13H2,1-3H3. The van der Waals surface area contributed by atoms with Crippen molar-refractivity contribution in [3.63, 3.8) is 0 Å². The lowest BCUT2D eigenvalue weighted by molar-refractivity contribution is -0.115. The van der Waals surface area contributed by atoms with Gasteiger partial charge in [0.2, 0.25) is 5.91 Å². The second-order valence-corrected chi connectivity index (χ2v) is 6.90. The number of nitrogens with zero attached hydrogens (tertiary/aromatic N) is 2. The Hall–Kier alpha value is -1.20. The summed E-state index contributed by atoms with van der Waals surface area (Å²) in [6.45, 7) is 0.872. The summed E-state index contributed by atoms with van der Waals surface area (Å²) >= 11 is 1.67. The second-order valence-electron chi connectivity index (χ2n) is 5.87. The lowest BCUT2D eigenvalue weighted by Gasteiger charge is -2.23. The molecule has 1 atom stereocenters. The van der Waals surface area contributed by atoms with Gasteiger partial charge < -0.3 is 14.5 Å². The zero-order valence-corrected chi connectivity index (χ0v) is 14.6. The maximum Gasteiger partial charge on any atom is 0.236 e. The van der Waals surface area contributed by atoms with Gasteiger partial charge in [0.25, 0.3) is 0 Å². The van der Waals surface area contributed by atoms with Crippen molar-refractivity contribution in [2.45, 2.75) is 25.4 Å². The number of ether oxygens (including phenoxy) is 1. The monoisotopic (exact) mass is 322 g/mol. The molecule has 1 aromatic carbocycles. The first-order valence-corrected chi connectivity index (χ1v) is 8.96. The highest BCUT2D eigenvalue weighted by Gasteiger charge is 2.16. The maximum absolute atomic E-state index is 12.3. The van der Waals surface area contributed by atoms with Gasteiger partial charge in [-0.25, -0.2) is 0 Å². The van der Waals surface area contributed by atoms with Gasteiger partial charge >= 0.3 is 0 Å². The van der Waals surface area contributed by atoms with Crippen molar-refractivity contribution in [2.75, 3.05) is 49.1 Å². The number of carbonyl (C=O) groups excluding carboxylic acids is 1. The van der Waals surface area contributed by atoms with Crippen LogP contribution in [0, 0.1) is 0 Å². The number of benzene rings is 1. The normalized spacial score (nSPS) is 18.0. The topological polar surface area (TPSA) is 32.8 Å². The molecule has 2 rings (SSSR count). The van der Waals surface area contributed by atoms with E-state index in [1.165, 1.54) is 12.8 Å². The van der Waals surface area contributed by atoms with E-state index in [1.807, 2.05) is 50.3 Å². The van der Waals surface area contributed by atoms with Gasteiger partial charge in [-0.3, -0.25) is 4.79 Å². The molecule has 0 bridgehead atoms. The van der Waals surface area contributed by atoms with Crippen LogP contribution in [0.4, 0.5) is 11.4 Å². The number of anilines is 2. The molecule has 4 nitrogen and oxygen atoms in total. The molecule has 22 heavy (non-hydrogen) atoms. The number of rotatable bonds is 6. The summed E-state index contributed by atoms with van der Waals surface area (Å²) in [5.74, 6) is 1.56. The van der Waals surface area contributed by atoms with Crippen LogP contribution < -0.4 is 9.80 Å². The second kappa shape index (κ2) is 8.44. The SMILES string of the molecule is CN(C)c1ccc(N(C)C(=O)CSCC2CCCCO2)cc1. The molecule has 5 heteroatoms. The van der Waals surface area contributed by atoms with E-state index in [4.69, 9.17) is 4.74 Å². The van der Waals surface area contributed by atoms with E-state index in [2.05, 4.69) is 0 Å². The fraction of sp³-hybridized carbons (Fsp3) is 0.588. The van der Waals surface area contributed by atoms with Crippen molar-refractivity contribution < 1.29 is 9.53 Å². The van der Waals surface area contributed by atoms with Gasteiger partial charge in [0.1, 0.15) is 0 Å². The molecule has 1 aliphatic heterocycles. The van der Waals surface area contributed by atoms with Gasteiger partial charge in [0, 0.05) is 44.9 Å². The Morgan fingerprint density at radius 2 is 1.86 bits per heavy atom. The van der Waals surface area contributed by atoms with Crippen molar-refractivity contribution in [1.29, 1.82) is 0 Å². The first-order chi connectivity index (χ1) is 10.6. The van der Waals surface area contributed by atoms with Gasteiger partial charge in [-0.2, -0.15) is 0 Å². The van der Waals surface area contributed by atoms with Crippen LogP contribution in [0.5, 0.6) is 0 Å². The van der Waals surface area contributed by atoms with Crippen LogP contribution in [0.2, 0.25) is 0 Å². The van der Waals surface area contributed by atoms with Crippen molar-refractivity contribution in [2.24, 2.45) is 0 Å². The summed E-state index contributed by atoms with van der Waals surface area (Å²) in [5.41, 5.74) is 2.07. The minimum Gasteiger partial charge on any atom is -0.378 e. The Kier molecular flexibility index (Phi) is 6.58. The third-order valence-electron chi connectivity index (χ3n) is 3.93. The third kappa shape index (κ3) is 4.92. The summed E-state index contributed by atoms with van der Waals surface area (Å²) in [4.78, 5) is 16.0. The quantitative estimate of drug-likeness (QED) is 0.806. The van der Waals surface area contributed by atoms with Crippen molar-refractivity contribution in [3.05, 3.63) is 24.3 Å². The van der Waals surface area contributed by atoms with E-state index in [0.717, 1.165) is 30.2 Å². The number of hydrogen-bond donors (Lipinski definition) is 0. The van der Waals surface area contributed by atoms with Gasteiger partial charge in [-0.15, -0.1) is 11.8 Å². The number of hydrogen-bond acceptors (Lipinski definition) is 4. The Morgan fingerprint density at radius 1 is 1.18 bits per heavy atom. The summed E-state index contributed by atoms with van der Waals surface area (Å²) in [6.07, 6.45) is 3.88. The summed E-state index contributed by atoms with van der Waals surface area (Å²) in [6, 6.07) is 8.04. The van der Waals surface area contributed by atoms with Crippen LogP contribution in [-0.4, -0.2) is 51.3 Å². The Labute approximate surface area is 137 Å². The fourth-order valence-corrected chi connectivity index (χ4v) is 3.44. The van der Waals surface area contributed by atoms with Gasteiger partial charge in [0.15, 0.2) is 0 Å². The highest BCUT2D eigenvalue weighted by Crippen LogP contribution is 2.21. The maximum atomic E-state index is 12.3. The summed E-state index contributed by atoms with van der Waals surface area (Å²) in [5, 5.41) is 0. The van der Waals surface area contributed by atoms with Crippen LogP contribution in [0.15, 0.2) is 24.3 Å². The van der Waals surface area contributed by atoms with E-state index in [-0.39, 0.29) is 5.91 Å². The highest BCUT2D eigenvalue weighted by molar-refractivity contribution is 8.00. The lowest BCUT2D eigenvalue weighted by atomic mass is 10.1. The largest absolute Gasteiger partial charge is 0.378 e. The molecule has 122 valence electrons. The Morgan fingerprint density at radius 3 is 2.45 bits per heavy atom. The van der Waals surface area contributed by atoms with E-state index < -0.39 is 0 Å². The third-order valence-corrected chi connectivity index (χ3v) is 4.99. The van der Waals surface area contributed by atoms with Crippen LogP contribution >= 0.6 is 11.8 Å². The van der Waals surface area contributed by atoms with Gasteiger partial charge in [0.05, 0.1) is 11.9 Å².